The highest BCUT2D eigenvalue weighted by Gasteiger charge is 2.41. The fourth-order valence-electron chi connectivity index (χ4n) is 2.85. The molecule has 2 N–H and O–H groups in total. The van der Waals surface area contributed by atoms with Crippen LogP contribution >= 0.6 is 0 Å². The minimum absolute atomic E-state index is 0.104. The highest BCUT2D eigenvalue weighted by molar-refractivity contribution is 6.03. The number of nitrogens with two attached hydrogens (primary N) is 1. The van der Waals surface area contributed by atoms with Crippen LogP contribution in [-0.2, 0) is 0 Å². The summed E-state index contributed by atoms with van der Waals surface area (Å²) in [4.78, 5) is 12.8. The highest BCUT2D eigenvalue weighted by Crippen LogP contribution is 2.42. The maximum absolute atomic E-state index is 12.8. The third kappa shape index (κ3) is 2.45. The van der Waals surface area contributed by atoms with Crippen LogP contribution in [0.15, 0.2) is 18.2 Å². The molecule has 2 rings (SSSR count). The molecule has 4 heteroatoms. The molecule has 19 heavy (non-hydrogen) atoms. The molecule has 0 bridgehead atoms. The predicted octanol–water partition coefficient (Wildman–Crippen LogP) is 2.41. The van der Waals surface area contributed by atoms with Gasteiger partial charge in [-0.05, 0) is 25.0 Å². The molecule has 1 saturated carbocycles. The summed E-state index contributed by atoms with van der Waals surface area (Å²) in [6.07, 6.45) is 3.89. The number of hydrogen-bond donors (Lipinski definition) is 1. The second kappa shape index (κ2) is 5.61. The molecule has 0 aliphatic heterocycles. The lowest BCUT2D eigenvalue weighted by Crippen LogP contribution is -2.36. The fourth-order valence-corrected chi connectivity index (χ4v) is 2.85. The van der Waals surface area contributed by atoms with Gasteiger partial charge in [-0.2, -0.15) is 0 Å². The van der Waals surface area contributed by atoms with Gasteiger partial charge in [0, 0.05) is 18.0 Å². The second-order valence-electron chi connectivity index (χ2n) is 5.09. The van der Waals surface area contributed by atoms with E-state index >= 15 is 0 Å². The average Bonchev–Trinajstić information content (AvgIpc) is 2.95. The molecule has 1 aromatic rings. The van der Waals surface area contributed by atoms with Crippen LogP contribution in [0, 0.1) is 5.41 Å². The van der Waals surface area contributed by atoms with Crippen molar-refractivity contribution >= 4 is 5.78 Å². The van der Waals surface area contributed by atoms with E-state index < -0.39 is 5.41 Å². The third-order valence-electron chi connectivity index (χ3n) is 4.09. The zero-order chi connectivity index (χ0) is 13.9. The molecule has 1 aromatic carbocycles. The van der Waals surface area contributed by atoms with Gasteiger partial charge < -0.3 is 15.2 Å². The summed E-state index contributed by atoms with van der Waals surface area (Å²) >= 11 is 0. The number of ketones is 1. The van der Waals surface area contributed by atoms with Gasteiger partial charge in [-0.25, -0.2) is 0 Å². The van der Waals surface area contributed by atoms with Gasteiger partial charge in [-0.1, -0.05) is 12.8 Å². The molecule has 0 heterocycles. The summed E-state index contributed by atoms with van der Waals surface area (Å²) in [5.74, 6) is 1.35. The predicted molar refractivity (Wildman–Crippen MR) is 73.8 cm³/mol. The summed E-state index contributed by atoms with van der Waals surface area (Å²) in [5, 5.41) is 0. The summed E-state index contributed by atoms with van der Waals surface area (Å²) < 4.78 is 10.5. The van der Waals surface area contributed by atoms with E-state index in [1.807, 2.05) is 0 Å². The Hall–Kier alpha value is -1.55. The Morgan fingerprint density at radius 1 is 1.26 bits per heavy atom. The third-order valence-corrected chi connectivity index (χ3v) is 4.09. The average molecular weight is 263 g/mol. The number of benzene rings is 1. The van der Waals surface area contributed by atoms with Gasteiger partial charge in [-0.15, -0.1) is 0 Å². The number of carbonyl (C=O) groups is 1. The van der Waals surface area contributed by atoms with Crippen LogP contribution in [0.3, 0.4) is 0 Å². The van der Waals surface area contributed by atoms with Crippen molar-refractivity contribution in [3.63, 3.8) is 0 Å². The van der Waals surface area contributed by atoms with E-state index in [4.69, 9.17) is 15.2 Å². The Balaban J connectivity index is 2.37. The standard InChI is InChI=1S/C15H21NO3/c1-18-11-5-6-12(13(9-11)19-2)14(17)15(10-16)7-3-4-8-15/h5-6,9H,3-4,7-8,10,16H2,1-2H3. The molecule has 4 nitrogen and oxygen atoms in total. The van der Waals surface area contributed by atoms with Crippen LogP contribution in [0.4, 0.5) is 0 Å². The quantitative estimate of drug-likeness (QED) is 0.829. The molecule has 1 fully saturated rings. The van der Waals surface area contributed by atoms with Crippen molar-refractivity contribution in [2.75, 3.05) is 20.8 Å². The van der Waals surface area contributed by atoms with E-state index in [2.05, 4.69) is 0 Å². The first kappa shape index (κ1) is 13.9. The lowest BCUT2D eigenvalue weighted by Gasteiger charge is -2.26. The van der Waals surface area contributed by atoms with Crippen molar-refractivity contribution in [1.29, 1.82) is 0 Å². The van der Waals surface area contributed by atoms with E-state index in [1.54, 1.807) is 32.4 Å². The van der Waals surface area contributed by atoms with Crippen molar-refractivity contribution in [1.82, 2.24) is 0 Å². The van der Waals surface area contributed by atoms with Gasteiger partial charge in [0.25, 0.3) is 0 Å². The van der Waals surface area contributed by atoms with Gasteiger partial charge in [0.1, 0.15) is 11.5 Å². The lowest BCUT2D eigenvalue weighted by molar-refractivity contribution is 0.0806. The minimum Gasteiger partial charge on any atom is -0.497 e. The van der Waals surface area contributed by atoms with E-state index in [0.717, 1.165) is 25.7 Å². The highest BCUT2D eigenvalue weighted by atomic mass is 16.5. The zero-order valence-corrected chi connectivity index (χ0v) is 11.6. The van der Waals surface area contributed by atoms with Crippen LogP contribution in [-0.4, -0.2) is 26.5 Å². The van der Waals surface area contributed by atoms with Crippen molar-refractivity contribution < 1.29 is 14.3 Å². The molecule has 104 valence electrons. The van der Waals surface area contributed by atoms with Crippen LogP contribution in [0.25, 0.3) is 0 Å². The topological polar surface area (TPSA) is 61.5 Å². The Morgan fingerprint density at radius 2 is 1.95 bits per heavy atom. The Bertz CT molecular complexity index is 464. The van der Waals surface area contributed by atoms with E-state index in [-0.39, 0.29) is 5.78 Å². The number of ether oxygens (including phenoxy) is 2. The van der Waals surface area contributed by atoms with Crippen molar-refractivity contribution in [3.05, 3.63) is 23.8 Å². The second-order valence-corrected chi connectivity index (χ2v) is 5.09. The summed E-state index contributed by atoms with van der Waals surface area (Å²) in [6, 6.07) is 5.30. The Morgan fingerprint density at radius 3 is 2.47 bits per heavy atom. The van der Waals surface area contributed by atoms with Crippen molar-refractivity contribution in [2.45, 2.75) is 25.7 Å². The molecular weight excluding hydrogens is 242 g/mol. The van der Waals surface area contributed by atoms with E-state index in [0.29, 0.717) is 23.6 Å². The van der Waals surface area contributed by atoms with Crippen LogP contribution in [0.1, 0.15) is 36.0 Å². The van der Waals surface area contributed by atoms with Gasteiger partial charge in [0.2, 0.25) is 0 Å². The molecule has 0 atom stereocenters. The maximum Gasteiger partial charge on any atom is 0.173 e. The van der Waals surface area contributed by atoms with Crippen LogP contribution in [0.2, 0.25) is 0 Å². The van der Waals surface area contributed by atoms with Crippen LogP contribution < -0.4 is 15.2 Å². The summed E-state index contributed by atoms with van der Waals surface area (Å²) in [7, 11) is 3.16. The first-order valence-electron chi connectivity index (χ1n) is 6.64. The number of carbonyl (C=O) groups excluding carboxylic acids is 1. The number of Topliss-reactive ketones (excluding diaryl/α,β-unsaturated/α-hetero) is 1. The molecule has 0 unspecified atom stereocenters. The normalized spacial score (nSPS) is 17.2. The van der Waals surface area contributed by atoms with E-state index in [9.17, 15) is 4.79 Å². The molecule has 1 aliphatic carbocycles. The zero-order valence-electron chi connectivity index (χ0n) is 11.6. The molecule has 1 aliphatic rings. The Kier molecular flexibility index (Phi) is 4.10. The largest absolute Gasteiger partial charge is 0.497 e. The maximum atomic E-state index is 12.8. The van der Waals surface area contributed by atoms with Gasteiger partial charge in [-0.3, -0.25) is 4.79 Å². The smallest absolute Gasteiger partial charge is 0.173 e. The van der Waals surface area contributed by atoms with Gasteiger partial charge in [0.15, 0.2) is 5.78 Å². The molecule has 0 amide bonds. The minimum atomic E-state index is -0.401. The number of hydrogen-bond acceptors (Lipinski definition) is 4. The van der Waals surface area contributed by atoms with Crippen LogP contribution in [0.5, 0.6) is 11.5 Å². The molecule has 0 spiro atoms. The lowest BCUT2D eigenvalue weighted by atomic mass is 9.78. The molecule has 0 saturated heterocycles. The first-order chi connectivity index (χ1) is 9.16. The Labute approximate surface area is 113 Å². The van der Waals surface area contributed by atoms with Crippen molar-refractivity contribution in [3.8, 4) is 11.5 Å². The number of methoxy groups -OCH3 is 2. The fraction of sp³-hybridized carbons (Fsp3) is 0.533. The van der Waals surface area contributed by atoms with Gasteiger partial charge >= 0.3 is 0 Å². The first-order valence-corrected chi connectivity index (χ1v) is 6.64. The molecular formula is C15H21NO3. The molecule has 0 radical (unpaired) electrons. The van der Waals surface area contributed by atoms with Crippen molar-refractivity contribution in [2.24, 2.45) is 11.1 Å². The monoisotopic (exact) mass is 263 g/mol. The number of rotatable bonds is 5. The van der Waals surface area contributed by atoms with E-state index in [1.165, 1.54) is 0 Å². The van der Waals surface area contributed by atoms with Gasteiger partial charge in [0.05, 0.1) is 19.8 Å². The summed E-state index contributed by atoms with van der Waals surface area (Å²) in [6.45, 7) is 0.404. The summed E-state index contributed by atoms with van der Waals surface area (Å²) in [5.41, 5.74) is 6.07. The molecule has 0 aromatic heterocycles. The SMILES string of the molecule is COc1ccc(C(=O)C2(CN)CCCC2)c(OC)c1.